The second-order valence-corrected chi connectivity index (χ2v) is 5.87. The molecule has 0 saturated heterocycles. The van der Waals surface area contributed by atoms with Gasteiger partial charge in [0.15, 0.2) is 0 Å². The van der Waals surface area contributed by atoms with Crippen LogP contribution in [-0.2, 0) is 11.3 Å². The second kappa shape index (κ2) is 9.22. The number of ether oxygens (including phenoxy) is 2. The first-order valence-corrected chi connectivity index (χ1v) is 7.56. The molecule has 3 nitrogen and oxygen atoms in total. The SMILES string of the molecule is COCCC(C)Oc1c(Cl)cccc1CNCC(C)C. The van der Waals surface area contributed by atoms with Gasteiger partial charge in [0, 0.05) is 32.2 Å². The van der Waals surface area contributed by atoms with Gasteiger partial charge in [-0.15, -0.1) is 0 Å². The number of benzene rings is 1. The third kappa shape index (κ3) is 6.12. The maximum Gasteiger partial charge on any atom is 0.142 e. The molecule has 1 unspecified atom stereocenters. The van der Waals surface area contributed by atoms with Crippen molar-refractivity contribution < 1.29 is 9.47 Å². The Bertz CT molecular complexity index is 396. The molecule has 0 fully saturated rings. The van der Waals surface area contributed by atoms with Gasteiger partial charge in [-0.3, -0.25) is 0 Å². The summed E-state index contributed by atoms with van der Waals surface area (Å²) in [5.41, 5.74) is 1.10. The maximum absolute atomic E-state index is 6.26. The maximum atomic E-state index is 6.26. The van der Waals surface area contributed by atoms with Crippen LogP contribution in [0.2, 0.25) is 5.02 Å². The summed E-state index contributed by atoms with van der Waals surface area (Å²) in [6, 6.07) is 5.88. The van der Waals surface area contributed by atoms with Crippen molar-refractivity contribution in [1.29, 1.82) is 0 Å². The Balaban J connectivity index is 2.67. The van der Waals surface area contributed by atoms with Gasteiger partial charge in [-0.2, -0.15) is 0 Å². The van der Waals surface area contributed by atoms with Gasteiger partial charge in [0.25, 0.3) is 0 Å². The lowest BCUT2D eigenvalue weighted by Crippen LogP contribution is -2.21. The first-order chi connectivity index (χ1) is 9.54. The fourth-order valence-corrected chi connectivity index (χ4v) is 2.10. The van der Waals surface area contributed by atoms with Crippen LogP contribution in [0.1, 0.15) is 32.8 Å². The number of para-hydroxylation sites is 1. The van der Waals surface area contributed by atoms with E-state index < -0.39 is 0 Å². The van der Waals surface area contributed by atoms with Crippen molar-refractivity contribution in [3.8, 4) is 5.75 Å². The van der Waals surface area contributed by atoms with E-state index in [4.69, 9.17) is 21.1 Å². The quantitative estimate of drug-likeness (QED) is 0.750. The summed E-state index contributed by atoms with van der Waals surface area (Å²) >= 11 is 6.26. The molecule has 4 heteroatoms. The first-order valence-electron chi connectivity index (χ1n) is 7.18. The van der Waals surface area contributed by atoms with Gasteiger partial charge in [-0.25, -0.2) is 0 Å². The van der Waals surface area contributed by atoms with E-state index in [0.717, 1.165) is 30.8 Å². The van der Waals surface area contributed by atoms with Gasteiger partial charge in [0.1, 0.15) is 5.75 Å². The monoisotopic (exact) mass is 299 g/mol. The first kappa shape index (κ1) is 17.3. The van der Waals surface area contributed by atoms with Crippen LogP contribution in [0.4, 0.5) is 0 Å². The molecule has 1 aromatic rings. The fraction of sp³-hybridized carbons (Fsp3) is 0.625. The average molecular weight is 300 g/mol. The predicted octanol–water partition coefficient (Wildman–Crippen LogP) is 3.89. The van der Waals surface area contributed by atoms with Crippen molar-refractivity contribution in [2.75, 3.05) is 20.3 Å². The Morgan fingerprint density at radius 3 is 2.65 bits per heavy atom. The van der Waals surface area contributed by atoms with Gasteiger partial charge < -0.3 is 14.8 Å². The second-order valence-electron chi connectivity index (χ2n) is 5.46. The highest BCUT2D eigenvalue weighted by Gasteiger charge is 2.12. The average Bonchev–Trinajstić information content (AvgIpc) is 2.39. The molecule has 0 heterocycles. The molecule has 1 rings (SSSR count). The Morgan fingerprint density at radius 1 is 1.25 bits per heavy atom. The molecule has 1 N–H and O–H groups in total. The standard InChI is InChI=1S/C16H26ClNO2/c1-12(2)10-18-11-14-6-5-7-15(17)16(14)20-13(3)8-9-19-4/h5-7,12-13,18H,8-11H2,1-4H3. The largest absolute Gasteiger partial charge is 0.489 e. The summed E-state index contributed by atoms with van der Waals surface area (Å²) in [7, 11) is 1.70. The van der Waals surface area contributed by atoms with Crippen LogP contribution < -0.4 is 10.1 Å². The van der Waals surface area contributed by atoms with Gasteiger partial charge in [0.2, 0.25) is 0 Å². The fourth-order valence-electron chi connectivity index (χ4n) is 1.86. The molecule has 114 valence electrons. The van der Waals surface area contributed by atoms with E-state index in [1.54, 1.807) is 7.11 Å². The van der Waals surface area contributed by atoms with E-state index in [-0.39, 0.29) is 6.10 Å². The van der Waals surface area contributed by atoms with Gasteiger partial charge in [-0.05, 0) is 25.5 Å². The zero-order valence-electron chi connectivity index (χ0n) is 12.9. The van der Waals surface area contributed by atoms with Crippen LogP contribution in [0.5, 0.6) is 5.75 Å². The number of hydrogen-bond donors (Lipinski definition) is 1. The molecule has 20 heavy (non-hydrogen) atoms. The summed E-state index contributed by atoms with van der Waals surface area (Å²) in [5, 5.41) is 4.09. The highest BCUT2D eigenvalue weighted by molar-refractivity contribution is 6.32. The normalized spacial score (nSPS) is 12.7. The molecule has 1 atom stereocenters. The van der Waals surface area contributed by atoms with E-state index in [9.17, 15) is 0 Å². The lowest BCUT2D eigenvalue weighted by Gasteiger charge is -2.19. The number of halogens is 1. The Hall–Kier alpha value is -0.770. The minimum absolute atomic E-state index is 0.0821. The number of hydrogen-bond acceptors (Lipinski definition) is 3. The van der Waals surface area contributed by atoms with Crippen LogP contribution >= 0.6 is 11.6 Å². The van der Waals surface area contributed by atoms with Crippen molar-refractivity contribution in [3.63, 3.8) is 0 Å². The van der Waals surface area contributed by atoms with E-state index >= 15 is 0 Å². The summed E-state index contributed by atoms with van der Waals surface area (Å²) in [5.74, 6) is 1.41. The van der Waals surface area contributed by atoms with Crippen LogP contribution in [-0.4, -0.2) is 26.4 Å². The molecule has 0 saturated carbocycles. The van der Waals surface area contributed by atoms with E-state index in [1.807, 2.05) is 19.1 Å². The molecule has 0 aromatic heterocycles. The molecule has 0 aliphatic heterocycles. The van der Waals surface area contributed by atoms with E-state index in [2.05, 4.69) is 25.2 Å². The third-order valence-electron chi connectivity index (χ3n) is 2.96. The molecule has 0 aliphatic carbocycles. The molecule has 0 bridgehead atoms. The lowest BCUT2D eigenvalue weighted by molar-refractivity contribution is 0.134. The van der Waals surface area contributed by atoms with E-state index in [1.165, 1.54) is 0 Å². The van der Waals surface area contributed by atoms with Crippen molar-refractivity contribution >= 4 is 11.6 Å². The lowest BCUT2D eigenvalue weighted by atomic mass is 10.1. The smallest absolute Gasteiger partial charge is 0.142 e. The highest BCUT2D eigenvalue weighted by Crippen LogP contribution is 2.30. The predicted molar refractivity (Wildman–Crippen MR) is 84.6 cm³/mol. The highest BCUT2D eigenvalue weighted by atomic mass is 35.5. The summed E-state index contributed by atoms with van der Waals surface area (Å²) < 4.78 is 11.1. The Labute approximate surface area is 127 Å². The van der Waals surface area contributed by atoms with E-state index in [0.29, 0.717) is 17.5 Å². The van der Waals surface area contributed by atoms with Crippen LogP contribution in [0.15, 0.2) is 18.2 Å². The topological polar surface area (TPSA) is 30.5 Å². The minimum Gasteiger partial charge on any atom is -0.489 e. The summed E-state index contributed by atoms with van der Waals surface area (Å²) in [6.45, 7) is 8.85. The summed E-state index contributed by atoms with van der Waals surface area (Å²) in [6.07, 6.45) is 0.930. The zero-order chi connectivity index (χ0) is 15.0. The molecule has 1 aromatic carbocycles. The van der Waals surface area contributed by atoms with Crippen LogP contribution in [0, 0.1) is 5.92 Å². The zero-order valence-corrected chi connectivity index (χ0v) is 13.7. The molecule has 0 aliphatic rings. The number of rotatable bonds is 9. The minimum atomic E-state index is 0.0821. The van der Waals surface area contributed by atoms with Crippen molar-refractivity contribution in [3.05, 3.63) is 28.8 Å². The van der Waals surface area contributed by atoms with Gasteiger partial charge in [-0.1, -0.05) is 37.6 Å². The Kier molecular flexibility index (Phi) is 7.97. The van der Waals surface area contributed by atoms with Gasteiger partial charge in [0.05, 0.1) is 11.1 Å². The molecule has 0 amide bonds. The molecular formula is C16H26ClNO2. The number of nitrogens with one attached hydrogen (secondary N) is 1. The van der Waals surface area contributed by atoms with Crippen LogP contribution in [0.3, 0.4) is 0 Å². The molecule has 0 radical (unpaired) electrons. The summed E-state index contributed by atoms with van der Waals surface area (Å²) in [4.78, 5) is 0. The molecule has 0 spiro atoms. The van der Waals surface area contributed by atoms with Crippen LogP contribution in [0.25, 0.3) is 0 Å². The van der Waals surface area contributed by atoms with Crippen molar-refractivity contribution in [1.82, 2.24) is 5.32 Å². The molecular weight excluding hydrogens is 274 g/mol. The van der Waals surface area contributed by atoms with Gasteiger partial charge >= 0.3 is 0 Å². The van der Waals surface area contributed by atoms with Crippen molar-refractivity contribution in [2.45, 2.75) is 39.8 Å². The third-order valence-corrected chi connectivity index (χ3v) is 3.26. The number of methoxy groups -OCH3 is 1. The Morgan fingerprint density at radius 2 is 2.00 bits per heavy atom. The van der Waals surface area contributed by atoms with Crippen molar-refractivity contribution in [2.24, 2.45) is 5.92 Å².